The number of rotatable bonds is 6. The van der Waals surface area contributed by atoms with Gasteiger partial charge in [-0.25, -0.2) is 0 Å². The van der Waals surface area contributed by atoms with E-state index in [0.29, 0.717) is 38.3 Å². The molecule has 1 saturated heterocycles. The van der Waals surface area contributed by atoms with E-state index in [2.05, 4.69) is 10.2 Å². The number of para-hydroxylation sites is 1. The van der Waals surface area contributed by atoms with Crippen molar-refractivity contribution in [2.24, 2.45) is 5.73 Å². The Kier molecular flexibility index (Phi) is 5.98. The summed E-state index contributed by atoms with van der Waals surface area (Å²) in [4.78, 5) is 13.3. The van der Waals surface area contributed by atoms with Gasteiger partial charge in [0.1, 0.15) is 18.5 Å². The minimum absolute atomic E-state index is 0.0695. The third kappa shape index (κ3) is 5.00. The van der Waals surface area contributed by atoms with Crippen molar-refractivity contribution in [3.8, 4) is 5.75 Å². The number of hydrogen-bond acceptors (Lipinski definition) is 5. The maximum atomic E-state index is 11.3. The monoisotopic (exact) mass is 293 g/mol. The van der Waals surface area contributed by atoms with Gasteiger partial charge in [0.2, 0.25) is 5.91 Å². The SMILES string of the molecule is NCc1ccccc1OCC(O)CN1CCNC(=O)CC1. The molecule has 21 heavy (non-hydrogen) atoms. The number of aliphatic hydroxyl groups is 1. The highest BCUT2D eigenvalue weighted by molar-refractivity contribution is 5.76. The summed E-state index contributed by atoms with van der Waals surface area (Å²) in [5, 5.41) is 12.9. The fourth-order valence-electron chi connectivity index (χ4n) is 2.35. The maximum Gasteiger partial charge on any atom is 0.221 e. The van der Waals surface area contributed by atoms with E-state index < -0.39 is 6.10 Å². The zero-order valence-electron chi connectivity index (χ0n) is 12.1. The average Bonchev–Trinajstić information content (AvgIpc) is 2.70. The molecule has 1 aromatic rings. The molecule has 2 rings (SSSR count). The number of nitrogens with two attached hydrogens (primary N) is 1. The molecular formula is C15H23N3O3. The van der Waals surface area contributed by atoms with Gasteiger partial charge in [0.25, 0.3) is 0 Å². The zero-order chi connectivity index (χ0) is 15.1. The van der Waals surface area contributed by atoms with Crippen molar-refractivity contribution in [3.63, 3.8) is 0 Å². The number of carbonyl (C=O) groups is 1. The highest BCUT2D eigenvalue weighted by Crippen LogP contribution is 2.17. The van der Waals surface area contributed by atoms with Crippen LogP contribution in [0, 0.1) is 0 Å². The fraction of sp³-hybridized carbons (Fsp3) is 0.533. The second kappa shape index (κ2) is 7.97. The van der Waals surface area contributed by atoms with E-state index in [1.807, 2.05) is 24.3 Å². The van der Waals surface area contributed by atoms with Gasteiger partial charge in [-0.2, -0.15) is 0 Å². The van der Waals surface area contributed by atoms with Gasteiger partial charge < -0.3 is 20.9 Å². The van der Waals surface area contributed by atoms with Crippen molar-refractivity contribution in [2.45, 2.75) is 19.1 Å². The lowest BCUT2D eigenvalue weighted by atomic mass is 10.2. The van der Waals surface area contributed by atoms with Crippen LogP contribution >= 0.6 is 0 Å². The third-order valence-electron chi connectivity index (χ3n) is 3.50. The van der Waals surface area contributed by atoms with E-state index in [1.54, 1.807) is 0 Å². The largest absolute Gasteiger partial charge is 0.491 e. The van der Waals surface area contributed by atoms with Gasteiger partial charge in [0, 0.05) is 44.7 Å². The molecule has 1 unspecified atom stereocenters. The Morgan fingerprint density at radius 2 is 2.19 bits per heavy atom. The summed E-state index contributed by atoms with van der Waals surface area (Å²) in [7, 11) is 0. The number of hydrogen-bond donors (Lipinski definition) is 3. The highest BCUT2D eigenvalue weighted by Gasteiger charge is 2.17. The summed E-state index contributed by atoms with van der Waals surface area (Å²) in [6.45, 7) is 3.17. The van der Waals surface area contributed by atoms with Crippen LogP contribution in [0.5, 0.6) is 5.75 Å². The Morgan fingerprint density at radius 3 is 3.00 bits per heavy atom. The van der Waals surface area contributed by atoms with Crippen molar-refractivity contribution in [3.05, 3.63) is 29.8 Å². The first kappa shape index (κ1) is 15.8. The van der Waals surface area contributed by atoms with Crippen molar-refractivity contribution >= 4 is 5.91 Å². The van der Waals surface area contributed by atoms with E-state index in [1.165, 1.54) is 0 Å². The molecule has 0 aliphatic carbocycles. The van der Waals surface area contributed by atoms with E-state index >= 15 is 0 Å². The van der Waals surface area contributed by atoms with Crippen LogP contribution in [0.1, 0.15) is 12.0 Å². The molecule has 116 valence electrons. The number of nitrogens with zero attached hydrogens (tertiary/aromatic N) is 1. The Bertz CT molecular complexity index is 467. The number of nitrogens with one attached hydrogen (secondary N) is 1. The van der Waals surface area contributed by atoms with Crippen molar-refractivity contribution in [1.82, 2.24) is 10.2 Å². The van der Waals surface area contributed by atoms with Crippen LogP contribution in [0.3, 0.4) is 0 Å². The van der Waals surface area contributed by atoms with E-state index in [4.69, 9.17) is 10.5 Å². The molecular weight excluding hydrogens is 270 g/mol. The normalized spacial score (nSPS) is 17.9. The maximum absolute atomic E-state index is 11.3. The first-order chi connectivity index (χ1) is 10.2. The molecule has 4 N–H and O–H groups in total. The van der Waals surface area contributed by atoms with Crippen LogP contribution in [-0.2, 0) is 11.3 Å². The van der Waals surface area contributed by atoms with Crippen LogP contribution in [0.25, 0.3) is 0 Å². The van der Waals surface area contributed by atoms with Crippen LogP contribution in [0.2, 0.25) is 0 Å². The minimum atomic E-state index is -0.593. The number of ether oxygens (including phenoxy) is 1. The van der Waals surface area contributed by atoms with E-state index in [-0.39, 0.29) is 12.5 Å². The molecule has 6 heteroatoms. The number of aliphatic hydroxyl groups excluding tert-OH is 1. The molecule has 0 aromatic heterocycles. The summed E-state index contributed by atoms with van der Waals surface area (Å²) in [5.41, 5.74) is 6.57. The Hall–Kier alpha value is -1.63. The molecule has 6 nitrogen and oxygen atoms in total. The molecule has 0 radical (unpaired) electrons. The van der Waals surface area contributed by atoms with Crippen LogP contribution in [-0.4, -0.2) is 54.8 Å². The summed E-state index contributed by atoms with van der Waals surface area (Å²) in [6.07, 6.45) is -0.118. The topological polar surface area (TPSA) is 87.8 Å². The molecule has 1 fully saturated rings. The zero-order valence-corrected chi connectivity index (χ0v) is 12.1. The molecule has 1 aliphatic heterocycles. The lowest BCUT2D eigenvalue weighted by Crippen LogP contribution is -2.37. The van der Waals surface area contributed by atoms with E-state index in [0.717, 1.165) is 12.1 Å². The first-order valence-corrected chi connectivity index (χ1v) is 7.27. The standard InChI is InChI=1S/C15H23N3O3/c16-9-12-3-1-2-4-14(12)21-11-13(19)10-18-7-5-15(20)17-6-8-18/h1-4,13,19H,5-11,16H2,(H,17,20). The summed E-state index contributed by atoms with van der Waals surface area (Å²) in [6, 6.07) is 7.55. The summed E-state index contributed by atoms with van der Waals surface area (Å²) >= 11 is 0. The number of benzene rings is 1. The fourth-order valence-corrected chi connectivity index (χ4v) is 2.35. The molecule has 1 aliphatic rings. The molecule has 1 amide bonds. The molecule has 0 saturated carbocycles. The van der Waals surface area contributed by atoms with Crippen molar-refractivity contribution in [1.29, 1.82) is 0 Å². The van der Waals surface area contributed by atoms with Gasteiger partial charge in [-0.15, -0.1) is 0 Å². The quantitative estimate of drug-likeness (QED) is 0.671. The number of β-amino-alcohol motifs (C(OH)–C–C–N with tert-alkyl or cyclic N) is 1. The van der Waals surface area contributed by atoms with Crippen LogP contribution < -0.4 is 15.8 Å². The smallest absolute Gasteiger partial charge is 0.221 e. The lowest BCUT2D eigenvalue weighted by molar-refractivity contribution is -0.120. The number of amides is 1. The van der Waals surface area contributed by atoms with Crippen LogP contribution in [0.4, 0.5) is 0 Å². The third-order valence-corrected chi connectivity index (χ3v) is 3.50. The Balaban J connectivity index is 1.79. The molecule has 1 heterocycles. The first-order valence-electron chi connectivity index (χ1n) is 7.27. The molecule has 0 bridgehead atoms. The molecule has 1 atom stereocenters. The second-order valence-corrected chi connectivity index (χ2v) is 5.18. The Labute approximate surface area is 124 Å². The van der Waals surface area contributed by atoms with E-state index in [9.17, 15) is 9.90 Å². The van der Waals surface area contributed by atoms with Gasteiger partial charge in [-0.1, -0.05) is 18.2 Å². The summed E-state index contributed by atoms with van der Waals surface area (Å²) < 4.78 is 5.64. The Morgan fingerprint density at radius 1 is 1.38 bits per heavy atom. The van der Waals surface area contributed by atoms with Crippen molar-refractivity contribution < 1.29 is 14.6 Å². The van der Waals surface area contributed by atoms with Gasteiger partial charge in [-0.05, 0) is 6.07 Å². The van der Waals surface area contributed by atoms with Gasteiger partial charge in [0.05, 0.1) is 0 Å². The van der Waals surface area contributed by atoms with Crippen molar-refractivity contribution in [2.75, 3.05) is 32.8 Å². The van der Waals surface area contributed by atoms with Gasteiger partial charge in [0.15, 0.2) is 0 Å². The molecule has 1 aromatic carbocycles. The van der Waals surface area contributed by atoms with Gasteiger partial charge >= 0.3 is 0 Å². The number of carbonyl (C=O) groups excluding carboxylic acids is 1. The second-order valence-electron chi connectivity index (χ2n) is 5.18. The summed E-state index contributed by atoms with van der Waals surface area (Å²) in [5.74, 6) is 0.784. The van der Waals surface area contributed by atoms with Crippen LogP contribution in [0.15, 0.2) is 24.3 Å². The van der Waals surface area contributed by atoms with Gasteiger partial charge in [-0.3, -0.25) is 9.69 Å². The predicted octanol–water partition coefficient (Wildman–Crippen LogP) is -0.293. The molecule has 0 spiro atoms. The average molecular weight is 293 g/mol. The predicted molar refractivity (Wildman–Crippen MR) is 79.9 cm³/mol. The lowest BCUT2D eigenvalue weighted by Gasteiger charge is -2.23. The minimum Gasteiger partial charge on any atom is -0.491 e. The highest BCUT2D eigenvalue weighted by atomic mass is 16.5.